The molecule has 0 fully saturated rings. The largest absolute Gasteiger partial charge is 2.00 e. The minimum absolute atomic E-state index is 0. The predicted molar refractivity (Wildman–Crippen MR) is 578 cm³/mol. The Kier molecular flexibility index (Phi) is 36.9. The van der Waals surface area contributed by atoms with E-state index in [1.54, 1.807) is 0 Å². The molecule has 0 spiro atoms. The van der Waals surface area contributed by atoms with Crippen LogP contribution in [0, 0.1) is 23.7 Å². The second-order valence-corrected chi connectivity index (χ2v) is 36.5. The van der Waals surface area contributed by atoms with E-state index in [-0.39, 0.29) is 54.6 Å². The Morgan fingerprint density at radius 3 is 0.479 bits per heavy atom. The summed E-state index contributed by atoms with van der Waals surface area (Å²) in [7, 11) is 0. The van der Waals surface area contributed by atoms with Crippen molar-refractivity contribution in [2.45, 2.75) is 237 Å². The Morgan fingerprint density at radius 2 is 0.322 bits per heavy atom. The molecule has 0 saturated heterocycles. The van der Waals surface area contributed by atoms with Gasteiger partial charge in [0.15, 0.2) is 69.0 Å². The summed E-state index contributed by atoms with van der Waals surface area (Å²) in [6.07, 6.45) is 21.2. The summed E-state index contributed by atoms with van der Waals surface area (Å²) >= 11 is 0. The molecule has 0 atom stereocenters. The monoisotopic (exact) mass is 2350 g/mol. The van der Waals surface area contributed by atoms with E-state index in [1.165, 1.54) is 0 Å². The van der Waals surface area contributed by atoms with Crippen LogP contribution < -0.4 is 76.8 Å². The first-order chi connectivity index (χ1) is 70.8. The van der Waals surface area contributed by atoms with Gasteiger partial charge in [-0.25, -0.2) is 19.9 Å². The molecule has 0 amide bonds. The van der Waals surface area contributed by atoms with Crippen molar-refractivity contribution >= 4 is 143 Å². The number of aromatic nitrogens is 16. The van der Waals surface area contributed by atoms with Crippen LogP contribution in [0.4, 0.5) is 0 Å². The minimum Gasteiger partial charge on any atom is -0.490 e. The molecule has 6 aromatic heterocycles. The van der Waals surface area contributed by atoms with Crippen LogP contribution in [0.3, 0.4) is 0 Å². The third kappa shape index (κ3) is 24.0. The molecular weight excluding hydrogens is 2220 g/mol. The summed E-state index contributed by atoms with van der Waals surface area (Å²) in [5.41, 5.74) is 9.11. The molecule has 4 aliphatic rings. The van der Waals surface area contributed by atoms with Gasteiger partial charge in [0.1, 0.15) is 0 Å². The average molecular weight is 2350 g/mol. The third-order valence-corrected chi connectivity index (χ3v) is 25.3. The van der Waals surface area contributed by atoms with Crippen LogP contribution in [-0.4, -0.2) is 194 Å². The predicted octanol–water partition coefficient (Wildman–Crippen LogP) is 25.4. The van der Waals surface area contributed by atoms with Crippen LogP contribution in [-0.2, 0) is 0 Å². The number of hydrogen-bond acceptors (Lipinski definition) is 24. The third-order valence-electron chi connectivity index (χ3n) is 25.3. The molecule has 18 rings (SSSR count). The molecule has 146 heavy (non-hydrogen) atoms. The SMILES string of the molecule is CCCCOc1cc2c(cc1OCCCC)-c1nc-2nc2[n-]c(nc3nc(nc4[n-]c(n1)c1cc(OCCCC)c(OCCCC)cc41)-c1cc(C#CC#Cc4ccc5c(c4)-c4nc-5nc5[n-]c(nc6nc(nc7[n-]c(n4)c4cc(OCCCC)c(OCCCC)cc74)-c4cc(OCCCC)c(OCCCC)cc4-6)c4cc(OCCCC)c(OCCCC)cc54)ccc1-3)c1cc(OCCCC)c(OCCCC)cc21.[Pb+2].[Pb+2]. The van der Waals surface area contributed by atoms with Crippen molar-refractivity contribution < 1.29 is 56.8 Å². The zero-order valence-electron chi connectivity index (χ0n) is 85.9. The van der Waals surface area contributed by atoms with E-state index in [9.17, 15) is 0 Å². The van der Waals surface area contributed by atoms with E-state index in [0.717, 1.165) is 154 Å². The second kappa shape index (κ2) is 50.9. The van der Waals surface area contributed by atoms with Gasteiger partial charge < -0.3 is 117 Å². The van der Waals surface area contributed by atoms with E-state index >= 15 is 0 Å². The fourth-order valence-corrected chi connectivity index (χ4v) is 17.0. The van der Waals surface area contributed by atoms with Gasteiger partial charge in [0, 0.05) is 101 Å². The van der Waals surface area contributed by atoms with Gasteiger partial charge in [0.05, 0.1) is 126 Å². The summed E-state index contributed by atoms with van der Waals surface area (Å²) in [6, 6.07) is 35.2. The quantitative estimate of drug-likeness (QED) is 0.0194. The number of hydrogen-bond donors (Lipinski definition) is 0. The molecule has 0 saturated carbocycles. The number of fused-ring (bicyclic) bond motifs is 40. The van der Waals surface area contributed by atoms with Crippen LogP contribution in [0.15, 0.2) is 109 Å². The van der Waals surface area contributed by atoms with Gasteiger partial charge in [-0.2, -0.15) is 0 Å². The first-order valence-corrected chi connectivity index (χ1v) is 52.2. The van der Waals surface area contributed by atoms with E-state index < -0.39 is 0 Å². The molecule has 4 radical (unpaired) electrons. The maximum atomic E-state index is 6.64. The van der Waals surface area contributed by atoms with Crippen molar-refractivity contribution in [1.82, 2.24) is 79.7 Å². The van der Waals surface area contributed by atoms with E-state index in [1.807, 2.05) is 109 Å². The number of benzene rings is 8. The molecule has 4 aliphatic heterocycles. The van der Waals surface area contributed by atoms with Crippen molar-refractivity contribution in [3.63, 3.8) is 0 Å². The van der Waals surface area contributed by atoms with E-state index in [0.29, 0.717) is 339 Å². The first kappa shape index (κ1) is 106. The molecule has 750 valence electrons. The van der Waals surface area contributed by atoms with Crippen molar-refractivity contribution in [2.75, 3.05) is 79.3 Å². The van der Waals surface area contributed by atoms with E-state index in [4.69, 9.17) is 137 Å². The van der Waals surface area contributed by atoms with Gasteiger partial charge >= 0.3 is 54.6 Å². The van der Waals surface area contributed by atoms with Crippen LogP contribution >= 0.6 is 0 Å². The van der Waals surface area contributed by atoms with Gasteiger partial charge in [-0.05, 0) is 229 Å². The maximum absolute atomic E-state index is 6.64. The van der Waals surface area contributed by atoms with Crippen molar-refractivity contribution in [2.24, 2.45) is 0 Å². The van der Waals surface area contributed by atoms with Crippen LogP contribution in [0.1, 0.15) is 248 Å². The maximum Gasteiger partial charge on any atom is 2.00 e. The van der Waals surface area contributed by atoms with E-state index in [2.05, 4.69) is 107 Å². The zero-order chi connectivity index (χ0) is 99.4. The molecule has 0 N–H and O–H groups in total. The molecule has 28 nitrogen and oxygen atoms in total. The average Bonchev–Trinajstić information content (AvgIpc) is 1.59. The molecule has 0 aliphatic carbocycles. The Morgan fingerprint density at radius 1 is 0.178 bits per heavy atom. The Balaban J connectivity index is 0.00000762. The van der Waals surface area contributed by atoms with Crippen molar-refractivity contribution in [1.29, 1.82) is 0 Å². The summed E-state index contributed by atoms with van der Waals surface area (Å²) in [4.78, 5) is 86.6. The summed E-state index contributed by atoms with van der Waals surface area (Å²) in [5, 5.41) is 5.21. The zero-order valence-corrected chi connectivity index (χ0v) is 93.7. The van der Waals surface area contributed by atoms with Gasteiger partial charge in [0.25, 0.3) is 0 Å². The Hall–Kier alpha value is -13.0. The fraction of sp³-hybridized carbons (Fsp3) is 0.414. The van der Waals surface area contributed by atoms with Gasteiger partial charge in [-0.3, -0.25) is 0 Å². The molecule has 10 heterocycles. The van der Waals surface area contributed by atoms with Crippen LogP contribution in [0.5, 0.6) is 69.0 Å². The number of rotatable bonds is 48. The van der Waals surface area contributed by atoms with Crippen molar-refractivity contribution in [3.8, 4) is 184 Å². The van der Waals surface area contributed by atoms with Crippen molar-refractivity contribution in [3.05, 3.63) is 120 Å². The smallest absolute Gasteiger partial charge is 0.490 e. The topological polar surface area (TPSA) is 322 Å². The first-order valence-electron chi connectivity index (χ1n) is 52.2. The molecule has 30 heteroatoms. The van der Waals surface area contributed by atoms with Gasteiger partial charge in [-0.1, -0.05) is 184 Å². The summed E-state index contributed by atoms with van der Waals surface area (Å²) in [5.74, 6) is 22.6. The van der Waals surface area contributed by atoms with Crippen LogP contribution in [0.25, 0.3) is 179 Å². The molecule has 16 bridgehead atoms. The minimum atomic E-state index is 0. The Labute approximate surface area is 893 Å². The Bertz CT molecular complexity index is 7120. The molecule has 8 aromatic carbocycles. The number of nitrogens with zero attached hydrogens (tertiary/aromatic N) is 16. The molecular formula is C116H126N16O12Pb2. The number of unbranched alkanes of at least 4 members (excludes halogenated alkanes) is 12. The van der Waals surface area contributed by atoms with Gasteiger partial charge in [0.2, 0.25) is 0 Å². The van der Waals surface area contributed by atoms with Gasteiger partial charge in [-0.15, -0.1) is 0 Å². The summed E-state index contributed by atoms with van der Waals surface area (Å²) < 4.78 is 79.4. The second-order valence-electron chi connectivity index (χ2n) is 36.5. The fourth-order valence-electron chi connectivity index (χ4n) is 17.0. The van der Waals surface area contributed by atoms with Crippen LogP contribution in [0.2, 0.25) is 0 Å². The number of ether oxygens (including phenoxy) is 12. The molecule has 14 aromatic rings. The summed E-state index contributed by atoms with van der Waals surface area (Å²) in [6.45, 7) is 31.3. The normalized spacial score (nSPS) is 11.5. The molecule has 0 unspecified atom stereocenters. The standard InChI is InChI=1S/C116H126N16O12.2Pb/c1-13-25-45-133-89-59-77-79(61-91(89)135-47-27-15-3)109-123-105(77)119-101-73-43-41-71(57-75(73)103(117-101)121-107-81-63-93(137-49-29-17-5)95(139-51-31-19-7)65-83(81)111(125-107)129-115-87-69-99(143-55-35-23-11)97(141-53-33-21-9)67-85(87)113(127-109)131-115)39-37-38-40-72-42-44-74-76(58-72)104-118-102(74)120-106-78-60-90(134-46-26-14-2)92(136-48-28-16-4)62-80(78)110(124-106)128-114-86-68-98(142-54-34-22-10)100(144-56-36-24-12)70-88(86)116(132-114)130-112-84-66-96(140-52-32-20-8)94(138-50-30-18-6)64-82(84)108(122-104)126-112;;/h41-44,57-70H,13-36,45-56H2,1-12H3;;/q-4;2*+2.